The Morgan fingerprint density at radius 3 is 2.07 bits per heavy atom. The fourth-order valence-electron chi connectivity index (χ4n) is 2.93. The van der Waals surface area contributed by atoms with Gasteiger partial charge in [0, 0.05) is 32.0 Å². The second-order valence-corrected chi connectivity index (χ2v) is 6.94. The molecule has 6 heteroatoms. The summed E-state index contributed by atoms with van der Waals surface area (Å²) in [4.78, 5) is 26.2. The number of amides is 2. The largest absolute Gasteiger partial charge is 0.387 e. The van der Waals surface area contributed by atoms with Gasteiger partial charge in [0.15, 0.2) is 0 Å². The number of anilines is 2. The van der Waals surface area contributed by atoms with Crippen LogP contribution in [0, 0.1) is 20.8 Å². The summed E-state index contributed by atoms with van der Waals surface area (Å²) in [7, 11) is 3.86. The van der Waals surface area contributed by atoms with Gasteiger partial charge in [0.2, 0.25) is 0 Å². The van der Waals surface area contributed by atoms with Gasteiger partial charge >= 0.3 is 11.8 Å². The zero-order valence-electron chi connectivity index (χ0n) is 16.5. The van der Waals surface area contributed by atoms with Gasteiger partial charge in [-0.3, -0.25) is 9.59 Å². The Bertz CT molecular complexity index is 806. The van der Waals surface area contributed by atoms with Crippen molar-refractivity contribution in [2.45, 2.75) is 26.9 Å². The number of rotatable bonds is 5. The minimum Gasteiger partial charge on any atom is -0.387 e. The van der Waals surface area contributed by atoms with Crippen LogP contribution < -0.4 is 15.5 Å². The molecule has 0 saturated carbocycles. The monoisotopic (exact) mass is 369 g/mol. The number of aliphatic hydroxyl groups excluding tert-OH is 1. The van der Waals surface area contributed by atoms with Gasteiger partial charge in [-0.05, 0) is 49.6 Å². The number of hydrogen-bond acceptors (Lipinski definition) is 4. The Kier molecular flexibility index (Phi) is 6.58. The molecule has 27 heavy (non-hydrogen) atoms. The van der Waals surface area contributed by atoms with E-state index in [-0.39, 0.29) is 6.54 Å². The molecule has 0 aromatic heterocycles. The quantitative estimate of drug-likeness (QED) is 0.707. The van der Waals surface area contributed by atoms with E-state index >= 15 is 0 Å². The molecule has 0 heterocycles. The molecule has 2 aromatic carbocycles. The predicted octanol–water partition coefficient (Wildman–Crippen LogP) is 2.47. The summed E-state index contributed by atoms with van der Waals surface area (Å²) >= 11 is 0. The van der Waals surface area contributed by atoms with E-state index < -0.39 is 17.9 Å². The highest BCUT2D eigenvalue weighted by Crippen LogP contribution is 2.22. The Morgan fingerprint density at radius 2 is 1.56 bits per heavy atom. The lowest BCUT2D eigenvalue weighted by Gasteiger charge is -2.16. The summed E-state index contributed by atoms with van der Waals surface area (Å²) in [6, 6.07) is 11.3. The average molecular weight is 369 g/mol. The predicted molar refractivity (Wildman–Crippen MR) is 108 cm³/mol. The van der Waals surface area contributed by atoms with Crippen LogP contribution in [0.25, 0.3) is 0 Å². The van der Waals surface area contributed by atoms with E-state index in [4.69, 9.17) is 0 Å². The maximum absolute atomic E-state index is 12.2. The van der Waals surface area contributed by atoms with Crippen LogP contribution in [-0.4, -0.2) is 37.6 Å². The summed E-state index contributed by atoms with van der Waals surface area (Å²) in [6.45, 7) is 5.70. The van der Waals surface area contributed by atoms with Crippen molar-refractivity contribution in [2.24, 2.45) is 0 Å². The summed E-state index contributed by atoms with van der Waals surface area (Å²) < 4.78 is 0. The number of aliphatic hydroxyl groups is 1. The van der Waals surface area contributed by atoms with Crippen LogP contribution in [0.5, 0.6) is 0 Å². The van der Waals surface area contributed by atoms with E-state index in [1.807, 2.05) is 64.0 Å². The molecule has 0 fully saturated rings. The molecule has 0 aliphatic rings. The van der Waals surface area contributed by atoms with Gasteiger partial charge in [-0.1, -0.05) is 29.8 Å². The number of hydrogen-bond donors (Lipinski definition) is 3. The van der Waals surface area contributed by atoms with E-state index in [0.717, 1.165) is 22.4 Å². The second-order valence-electron chi connectivity index (χ2n) is 6.94. The summed E-state index contributed by atoms with van der Waals surface area (Å²) in [5.74, 6) is -1.53. The van der Waals surface area contributed by atoms with Gasteiger partial charge in [-0.2, -0.15) is 0 Å². The molecule has 144 valence electrons. The van der Waals surface area contributed by atoms with Crippen molar-refractivity contribution in [3.8, 4) is 0 Å². The van der Waals surface area contributed by atoms with Crippen LogP contribution in [0.3, 0.4) is 0 Å². The zero-order chi connectivity index (χ0) is 20.1. The van der Waals surface area contributed by atoms with Gasteiger partial charge in [0.1, 0.15) is 0 Å². The van der Waals surface area contributed by atoms with E-state index in [2.05, 4.69) is 10.6 Å². The number of carbonyl (C=O) groups is 2. The standard InChI is InChI=1S/C21H27N3O3/c1-13-10-14(2)19(15(3)11-13)23-21(27)20(26)22-12-18(25)16-6-8-17(9-7-16)24(4)5/h6-11,18,25H,12H2,1-5H3,(H,22,26)(H,23,27). The summed E-state index contributed by atoms with van der Waals surface area (Å²) in [5.41, 5.74) is 5.21. The molecule has 1 atom stereocenters. The first-order valence-corrected chi connectivity index (χ1v) is 8.81. The third-order valence-corrected chi connectivity index (χ3v) is 4.37. The van der Waals surface area contributed by atoms with Gasteiger partial charge in [0.25, 0.3) is 0 Å². The topological polar surface area (TPSA) is 81.7 Å². The molecular formula is C21H27N3O3. The second kappa shape index (κ2) is 8.68. The van der Waals surface area contributed by atoms with Crippen molar-refractivity contribution in [1.29, 1.82) is 0 Å². The average Bonchev–Trinajstić information content (AvgIpc) is 2.62. The highest BCUT2D eigenvalue weighted by Gasteiger charge is 2.17. The van der Waals surface area contributed by atoms with Crippen molar-refractivity contribution in [2.75, 3.05) is 30.9 Å². The molecule has 0 bridgehead atoms. The molecule has 6 nitrogen and oxygen atoms in total. The first kappa shape index (κ1) is 20.5. The minimum atomic E-state index is -0.888. The molecule has 0 spiro atoms. The molecule has 1 unspecified atom stereocenters. The van der Waals surface area contributed by atoms with Gasteiger partial charge in [-0.15, -0.1) is 0 Å². The first-order chi connectivity index (χ1) is 12.7. The number of nitrogens with one attached hydrogen (secondary N) is 2. The van der Waals surface area contributed by atoms with Crippen molar-refractivity contribution < 1.29 is 14.7 Å². The third-order valence-electron chi connectivity index (χ3n) is 4.37. The molecule has 0 aliphatic heterocycles. The van der Waals surface area contributed by atoms with Gasteiger partial charge in [-0.25, -0.2) is 0 Å². The van der Waals surface area contributed by atoms with E-state index in [0.29, 0.717) is 11.3 Å². The molecule has 2 amide bonds. The van der Waals surface area contributed by atoms with Crippen molar-refractivity contribution in [1.82, 2.24) is 5.32 Å². The lowest BCUT2D eigenvalue weighted by atomic mass is 10.1. The lowest BCUT2D eigenvalue weighted by Crippen LogP contribution is -2.37. The highest BCUT2D eigenvalue weighted by molar-refractivity contribution is 6.39. The van der Waals surface area contributed by atoms with Crippen molar-refractivity contribution in [3.63, 3.8) is 0 Å². The Morgan fingerprint density at radius 1 is 1.00 bits per heavy atom. The van der Waals surface area contributed by atoms with E-state index in [1.165, 1.54) is 0 Å². The molecular weight excluding hydrogens is 342 g/mol. The Hall–Kier alpha value is -2.86. The smallest absolute Gasteiger partial charge is 0.313 e. The molecule has 2 rings (SSSR count). The molecule has 3 N–H and O–H groups in total. The van der Waals surface area contributed by atoms with Crippen molar-refractivity contribution in [3.05, 3.63) is 58.7 Å². The van der Waals surface area contributed by atoms with Crippen LogP contribution in [0.2, 0.25) is 0 Å². The molecule has 2 aromatic rings. The van der Waals surface area contributed by atoms with Crippen LogP contribution in [0.1, 0.15) is 28.4 Å². The first-order valence-electron chi connectivity index (χ1n) is 8.81. The highest BCUT2D eigenvalue weighted by atomic mass is 16.3. The summed E-state index contributed by atoms with van der Waals surface area (Å²) in [6.07, 6.45) is -0.888. The lowest BCUT2D eigenvalue weighted by molar-refractivity contribution is -0.136. The molecule has 0 radical (unpaired) electrons. The fraction of sp³-hybridized carbons (Fsp3) is 0.333. The van der Waals surface area contributed by atoms with Gasteiger partial charge < -0.3 is 20.6 Å². The molecule has 0 saturated heterocycles. The van der Waals surface area contributed by atoms with Gasteiger partial charge in [0.05, 0.1) is 6.10 Å². The number of aryl methyl sites for hydroxylation is 3. The van der Waals surface area contributed by atoms with Crippen molar-refractivity contribution >= 4 is 23.2 Å². The fourth-order valence-corrected chi connectivity index (χ4v) is 2.93. The van der Waals surface area contributed by atoms with E-state index in [9.17, 15) is 14.7 Å². The molecule has 0 aliphatic carbocycles. The van der Waals surface area contributed by atoms with Crippen LogP contribution in [0.15, 0.2) is 36.4 Å². The van der Waals surface area contributed by atoms with E-state index in [1.54, 1.807) is 12.1 Å². The minimum absolute atomic E-state index is 0.0422. The van der Waals surface area contributed by atoms with Crippen LogP contribution in [0.4, 0.5) is 11.4 Å². The Balaban J connectivity index is 1.94. The third kappa shape index (κ3) is 5.31. The SMILES string of the molecule is Cc1cc(C)c(NC(=O)C(=O)NCC(O)c2ccc(N(C)C)cc2)c(C)c1. The zero-order valence-corrected chi connectivity index (χ0v) is 16.5. The number of nitrogens with zero attached hydrogens (tertiary/aromatic N) is 1. The normalized spacial score (nSPS) is 11.6. The summed E-state index contributed by atoms with van der Waals surface area (Å²) in [5, 5.41) is 15.4. The maximum atomic E-state index is 12.2. The maximum Gasteiger partial charge on any atom is 0.313 e. The Labute approximate surface area is 160 Å². The number of carbonyl (C=O) groups excluding carboxylic acids is 2. The number of benzene rings is 2. The van der Waals surface area contributed by atoms with Crippen LogP contribution in [-0.2, 0) is 9.59 Å². The van der Waals surface area contributed by atoms with Crippen LogP contribution >= 0.6 is 0 Å².